The van der Waals surface area contributed by atoms with Crippen molar-refractivity contribution in [2.45, 2.75) is 6.92 Å². The molecule has 4 heteroatoms. The highest BCUT2D eigenvalue weighted by Crippen LogP contribution is 1.99. The number of nitrogens with zero attached hydrogens (tertiary/aromatic N) is 1. The zero-order valence-corrected chi connectivity index (χ0v) is 7.78. The van der Waals surface area contributed by atoms with Crippen molar-refractivity contribution in [1.82, 2.24) is 9.97 Å². The Labute approximate surface area is 71.9 Å². The molecule has 0 amide bonds. The van der Waals surface area contributed by atoms with Crippen LogP contribution in [0.1, 0.15) is 5.69 Å². The third-order valence-corrected chi connectivity index (χ3v) is 1.59. The Morgan fingerprint density at radius 2 is 2.44 bits per heavy atom. The molecule has 0 aliphatic carbocycles. The van der Waals surface area contributed by atoms with E-state index in [0.717, 1.165) is 9.39 Å². The number of halogens is 1. The van der Waals surface area contributed by atoms with Crippen LogP contribution in [-0.2, 0) is 0 Å². The summed E-state index contributed by atoms with van der Waals surface area (Å²) in [6.07, 6.45) is 0. The number of nitrogens with one attached hydrogen (secondary N) is 1. The molecule has 0 radical (unpaired) electrons. The largest absolute Gasteiger partial charge is 0.335 e. The smallest absolute Gasteiger partial charge is 0.197 e. The Hall–Kier alpha value is 0.0300. The van der Waals surface area contributed by atoms with Gasteiger partial charge in [-0.25, -0.2) is 4.98 Å². The topological polar surface area (TPSA) is 28.7 Å². The van der Waals surface area contributed by atoms with Crippen LogP contribution in [0.2, 0.25) is 0 Å². The predicted molar refractivity (Wildman–Crippen MR) is 46.9 cm³/mol. The van der Waals surface area contributed by atoms with E-state index in [1.54, 1.807) is 0 Å². The molecule has 2 nitrogen and oxygen atoms in total. The summed E-state index contributed by atoms with van der Waals surface area (Å²) in [7, 11) is 0. The fraction of sp³-hybridized carbons (Fsp3) is 0.200. The van der Waals surface area contributed by atoms with Crippen molar-refractivity contribution in [2.75, 3.05) is 0 Å². The lowest BCUT2D eigenvalue weighted by Crippen LogP contribution is -1.87. The zero-order chi connectivity index (χ0) is 6.85. The molecule has 1 N–H and O–H groups in total. The molecule has 0 unspecified atom stereocenters. The number of aromatic nitrogens is 2. The molecule has 0 aliphatic rings. The van der Waals surface area contributed by atoms with Gasteiger partial charge in [-0.2, -0.15) is 0 Å². The van der Waals surface area contributed by atoms with Gasteiger partial charge in [0.25, 0.3) is 0 Å². The van der Waals surface area contributed by atoms with Gasteiger partial charge in [-0.05, 0) is 47.8 Å². The van der Waals surface area contributed by atoms with E-state index in [9.17, 15) is 0 Å². The second-order valence-electron chi connectivity index (χ2n) is 1.69. The average molecular weight is 252 g/mol. The Kier molecular flexibility index (Phi) is 2.18. The van der Waals surface area contributed by atoms with E-state index in [4.69, 9.17) is 12.2 Å². The second kappa shape index (κ2) is 2.74. The maximum absolute atomic E-state index is 4.82. The van der Waals surface area contributed by atoms with Crippen LogP contribution in [0.15, 0.2) is 6.07 Å². The third kappa shape index (κ3) is 2.02. The van der Waals surface area contributed by atoms with E-state index in [2.05, 4.69) is 32.6 Å². The summed E-state index contributed by atoms with van der Waals surface area (Å²) < 4.78 is 1.49. The van der Waals surface area contributed by atoms with E-state index < -0.39 is 0 Å². The van der Waals surface area contributed by atoms with E-state index >= 15 is 0 Å². The number of aryl methyl sites for hydroxylation is 1. The summed E-state index contributed by atoms with van der Waals surface area (Å²) in [5, 5.41) is 0. The lowest BCUT2D eigenvalue weighted by Gasteiger charge is -1.91. The van der Waals surface area contributed by atoms with Crippen molar-refractivity contribution in [3.05, 3.63) is 20.2 Å². The SMILES string of the molecule is Cc1cc(I)nc(=S)[nH]1. The van der Waals surface area contributed by atoms with Gasteiger partial charge in [0.2, 0.25) is 0 Å². The quantitative estimate of drug-likeness (QED) is 0.435. The minimum Gasteiger partial charge on any atom is -0.335 e. The molecule has 0 saturated carbocycles. The predicted octanol–water partition coefficient (Wildman–Crippen LogP) is 2.05. The molecule has 0 atom stereocenters. The van der Waals surface area contributed by atoms with Crippen molar-refractivity contribution in [3.8, 4) is 0 Å². The lowest BCUT2D eigenvalue weighted by molar-refractivity contribution is 1.05. The maximum atomic E-state index is 4.82. The van der Waals surface area contributed by atoms with Crippen molar-refractivity contribution in [2.24, 2.45) is 0 Å². The molecular weight excluding hydrogens is 247 g/mol. The standard InChI is InChI=1S/C5H5IN2S/c1-3-2-4(6)8-5(9)7-3/h2H,1H3,(H,7,8,9). The van der Waals surface area contributed by atoms with Gasteiger partial charge in [-0.3, -0.25) is 0 Å². The molecule has 0 bridgehead atoms. The summed E-state index contributed by atoms with van der Waals surface area (Å²) in [4.78, 5) is 6.89. The van der Waals surface area contributed by atoms with E-state index in [1.807, 2.05) is 13.0 Å². The number of hydrogen-bond donors (Lipinski definition) is 1. The van der Waals surface area contributed by atoms with Crippen molar-refractivity contribution in [1.29, 1.82) is 0 Å². The number of aromatic amines is 1. The Balaban J connectivity index is 3.33. The van der Waals surface area contributed by atoms with Crippen LogP contribution in [-0.4, -0.2) is 9.97 Å². The molecule has 48 valence electrons. The molecule has 1 rings (SSSR count). The normalized spacial score (nSPS) is 9.56. The van der Waals surface area contributed by atoms with Gasteiger partial charge in [-0.1, -0.05) is 0 Å². The van der Waals surface area contributed by atoms with Gasteiger partial charge in [-0.15, -0.1) is 0 Å². The Morgan fingerprint density at radius 1 is 1.78 bits per heavy atom. The summed E-state index contributed by atoms with van der Waals surface area (Å²) in [6, 6.07) is 1.94. The fourth-order valence-corrected chi connectivity index (χ4v) is 1.67. The van der Waals surface area contributed by atoms with Gasteiger partial charge in [0.05, 0.1) is 0 Å². The molecule has 1 aromatic rings. The van der Waals surface area contributed by atoms with Crippen LogP contribution in [0.4, 0.5) is 0 Å². The molecule has 0 aliphatic heterocycles. The summed E-state index contributed by atoms with van der Waals surface area (Å²) in [5.41, 5.74) is 1.06. The van der Waals surface area contributed by atoms with Gasteiger partial charge < -0.3 is 4.98 Å². The van der Waals surface area contributed by atoms with Gasteiger partial charge in [0, 0.05) is 5.69 Å². The number of H-pyrrole nitrogens is 1. The van der Waals surface area contributed by atoms with Crippen LogP contribution < -0.4 is 0 Å². The summed E-state index contributed by atoms with van der Waals surface area (Å²) >= 11 is 6.95. The minimum atomic E-state index is 0.555. The van der Waals surface area contributed by atoms with Crippen LogP contribution in [0.5, 0.6) is 0 Å². The Morgan fingerprint density at radius 3 is 2.89 bits per heavy atom. The monoisotopic (exact) mass is 252 g/mol. The number of rotatable bonds is 0. The first kappa shape index (κ1) is 7.14. The van der Waals surface area contributed by atoms with Crippen LogP contribution in [0.3, 0.4) is 0 Å². The molecule has 0 aromatic carbocycles. The molecule has 0 saturated heterocycles. The summed E-state index contributed by atoms with van der Waals surface area (Å²) in [6.45, 7) is 1.96. The zero-order valence-electron chi connectivity index (χ0n) is 4.81. The van der Waals surface area contributed by atoms with Crippen molar-refractivity contribution in [3.63, 3.8) is 0 Å². The molecule has 1 aromatic heterocycles. The number of hydrogen-bond acceptors (Lipinski definition) is 2. The summed E-state index contributed by atoms with van der Waals surface area (Å²) in [5.74, 6) is 0. The van der Waals surface area contributed by atoms with E-state index in [-0.39, 0.29) is 0 Å². The molecule has 1 heterocycles. The first-order valence-corrected chi connectivity index (χ1v) is 3.90. The maximum Gasteiger partial charge on any atom is 0.197 e. The molecule has 0 fully saturated rings. The van der Waals surface area contributed by atoms with Gasteiger partial charge in [0.15, 0.2) is 4.77 Å². The Bertz CT molecular complexity index is 245. The highest BCUT2D eigenvalue weighted by Gasteiger charge is 1.87. The molecular formula is C5H5IN2S. The molecule has 9 heavy (non-hydrogen) atoms. The van der Waals surface area contributed by atoms with Crippen molar-refractivity contribution < 1.29 is 0 Å². The fourth-order valence-electron chi connectivity index (χ4n) is 0.541. The third-order valence-electron chi connectivity index (χ3n) is 0.848. The first-order valence-electron chi connectivity index (χ1n) is 2.42. The molecule has 0 spiro atoms. The lowest BCUT2D eigenvalue weighted by atomic mass is 10.5. The highest BCUT2D eigenvalue weighted by atomic mass is 127. The van der Waals surface area contributed by atoms with E-state index in [1.165, 1.54) is 0 Å². The van der Waals surface area contributed by atoms with Crippen LogP contribution in [0.25, 0.3) is 0 Å². The van der Waals surface area contributed by atoms with Crippen LogP contribution >= 0.6 is 34.8 Å². The first-order chi connectivity index (χ1) is 4.18. The second-order valence-corrected chi connectivity index (χ2v) is 3.18. The minimum absolute atomic E-state index is 0.555. The average Bonchev–Trinajstić information content (AvgIpc) is 1.59. The van der Waals surface area contributed by atoms with Gasteiger partial charge >= 0.3 is 0 Å². The van der Waals surface area contributed by atoms with E-state index in [0.29, 0.717) is 4.77 Å². The van der Waals surface area contributed by atoms with Crippen LogP contribution in [0, 0.1) is 15.4 Å². The highest BCUT2D eigenvalue weighted by molar-refractivity contribution is 14.1. The van der Waals surface area contributed by atoms with Gasteiger partial charge in [0.1, 0.15) is 3.70 Å². The van der Waals surface area contributed by atoms with Crippen molar-refractivity contribution >= 4 is 34.8 Å².